The lowest BCUT2D eigenvalue weighted by Crippen LogP contribution is -2.52. The lowest BCUT2D eigenvalue weighted by atomic mass is 10.1. The van der Waals surface area contributed by atoms with Crippen molar-refractivity contribution < 1.29 is 0 Å². The van der Waals surface area contributed by atoms with E-state index in [1.54, 1.807) is 0 Å². The number of H-pyrrole nitrogens is 1. The topological polar surface area (TPSA) is 72.4 Å². The van der Waals surface area contributed by atoms with Crippen LogP contribution >= 0.6 is 0 Å². The molecule has 1 saturated heterocycles. The number of hydrogen-bond donors (Lipinski definition) is 2. The summed E-state index contributed by atoms with van der Waals surface area (Å²) in [6.07, 6.45) is 1.53. The van der Waals surface area contributed by atoms with Crippen molar-refractivity contribution >= 4 is 11.6 Å². The number of aromatic nitrogens is 3. The van der Waals surface area contributed by atoms with Crippen LogP contribution in [0.3, 0.4) is 0 Å². The van der Waals surface area contributed by atoms with Crippen LogP contribution in [0.4, 0.5) is 5.69 Å². The summed E-state index contributed by atoms with van der Waals surface area (Å²) in [7, 11) is 1.85. The Morgan fingerprint density at radius 1 is 1.10 bits per heavy atom. The Labute approximate surface area is 171 Å². The number of rotatable bonds is 4. The number of benzene rings is 2. The molecule has 0 unspecified atom stereocenters. The van der Waals surface area contributed by atoms with Crippen LogP contribution in [0.2, 0.25) is 0 Å². The molecule has 0 spiro atoms. The van der Waals surface area contributed by atoms with Crippen molar-refractivity contribution in [3.05, 3.63) is 66.0 Å². The van der Waals surface area contributed by atoms with Crippen molar-refractivity contribution in [1.82, 2.24) is 25.4 Å². The first-order chi connectivity index (χ1) is 14.2. The van der Waals surface area contributed by atoms with Crippen LogP contribution in [-0.2, 0) is 6.54 Å². The van der Waals surface area contributed by atoms with Gasteiger partial charge in [-0.25, -0.2) is 4.98 Å². The third-order valence-electron chi connectivity index (χ3n) is 5.22. The Hall–Kier alpha value is -3.35. The summed E-state index contributed by atoms with van der Waals surface area (Å²) in [5.41, 5.74) is 4.81. The number of nitrogens with zero attached hydrogens (tertiary/aromatic N) is 5. The Morgan fingerprint density at radius 2 is 1.93 bits per heavy atom. The third-order valence-corrected chi connectivity index (χ3v) is 5.22. The molecule has 3 aromatic rings. The number of aromatic amines is 1. The molecule has 150 valence electrons. The summed E-state index contributed by atoms with van der Waals surface area (Å²) in [6, 6.07) is 17.0. The van der Waals surface area contributed by atoms with E-state index < -0.39 is 0 Å². The van der Waals surface area contributed by atoms with Gasteiger partial charge in [0.2, 0.25) is 0 Å². The quantitative estimate of drug-likeness (QED) is 0.530. The minimum Gasteiger partial charge on any atom is -0.368 e. The standard InChI is InChI=1S/C22H27N7/c1-17-5-3-8-20(13-17)28-9-11-29(12-10-28)22(23-2)24-15-18-6-4-7-19(14-18)21-25-16-26-27-21/h3-8,13-14,16H,9-12,15H2,1-2H3,(H,23,24)(H,25,26,27). The first-order valence-electron chi connectivity index (χ1n) is 9.95. The van der Waals surface area contributed by atoms with Crippen LogP contribution in [0, 0.1) is 6.92 Å². The molecule has 1 aliphatic heterocycles. The molecule has 2 aromatic carbocycles. The smallest absolute Gasteiger partial charge is 0.194 e. The molecule has 2 N–H and O–H groups in total. The van der Waals surface area contributed by atoms with Gasteiger partial charge in [0, 0.05) is 51.0 Å². The van der Waals surface area contributed by atoms with Crippen molar-refractivity contribution in [2.24, 2.45) is 4.99 Å². The molecule has 0 radical (unpaired) electrons. The Morgan fingerprint density at radius 3 is 2.66 bits per heavy atom. The second-order valence-electron chi connectivity index (χ2n) is 7.25. The van der Waals surface area contributed by atoms with Gasteiger partial charge in [0.05, 0.1) is 0 Å². The van der Waals surface area contributed by atoms with E-state index in [1.807, 2.05) is 19.2 Å². The summed E-state index contributed by atoms with van der Waals surface area (Å²) >= 11 is 0. The lowest BCUT2D eigenvalue weighted by molar-refractivity contribution is 0.372. The van der Waals surface area contributed by atoms with Gasteiger partial charge in [0.25, 0.3) is 0 Å². The Kier molecular flexibility index (Phi) is 5.74. The highest BCUT2D eigenvalue weighted by atomic mass is 15.3. The fraction of sp³-hybridized carbons (Fsp3) is 0.318. The van der Waals surface area contributed by atoms with Crippen molar-refractivity contribution in [3.8, 4) is 11.4 Å². The molecule has 0 amide bonds. The number of hydrogen-bond acceptors (Lipinski definition) is 4. The zero-order valence-electron chi connectivity index (χ0n) is 17.0. The molecule has 2 heterocycles. The Bertz CT molecular complexity index is 957. The van der Waals surface area contributed by atoms with Crippen LogP contribution in [0.25, 0.3) is 11.4 Å². The summed E-state index contributed by atoms with van der Waals surface area (Å²) < 4.78 is 0. The van der Waals surface area contributed by atoms with E-state index in [-0.39, 0.29) is 0 Å². The number of piperazine rings is 1. The predicted octanol–water partition coefficient (Wildman–Crippen LogP) is 2.68. The molecule has 1 aliphatic rings. The third kappa shape index (κ3) is 4.56. The largest absolute Gasteiger partial charge is 0.368 e. The van der Waals surface area contributed by atoms with Crippen molar-refractivity contribution in [1.29, 1.82) is 0 Å². The summed E-state index contributed by atoms with van der Waals surface area (Å²) in [4.78, 5) is 13.5. The zero-order chi connectivity index (χ0) is 20.1. The number of aliphatic imine (C=N–C) groups is 1. The molecular weight excluding hydrogens is 362 g/mol. The van der Waals surface area contributed by atoms with Crippen LogP contribution in [-0.4, -0.2) is 59.3 Å². The molecule has 4 rings (SSSR count). The van der Waals surface area contributed by atoms with Crippen LogP contribution < -0.4 is 10.2 Å². The molecular formula is C22H27N7. The van der Waals surface area contributed by atoms with Gasteiger partial charge in [0.15, 0.2) is 11.8 Å². The average molecular weight is 390 g/mol. The van der Waals surface area contributed by atoms with E-state index in [0.29, 0.717) is 6.54 Å². The van der Waals surface area contributed by atoms with Crippen molar-refractivity contribution in [2.45, 2.75) is 13.5 Å². The first-order valence-corrected chi connectivity index (χ1v) is 9.95. The fourth-order valence-corrected chi connectivity index (χ4v) is 3.69. The monoisotopic (exact) mass is 389 g/mol. The minimum atomic E-state index is 0.715. The number of anilines is 1. The number of guanidine groups is 1. The highest BCUT2D eigenvalue weighted by molar-refractivity contribution is 5.80. The van der Waals surface area contributed by atoms with E-state index in [1.165, 1.54) is 23.1 Å². The molecule has 0 bridgehead atoms. The van der Waals surface area contributed by atoms with E-state index in [9.17, 15) is 0 Å². The second kappa shape index (κ2) is 8.77. The molecule has 0 atom stereocenters. The minimum absolute atomic E-state index is 0.715. The van der Waals surface area contributed by atoms with Gasteiger partial charge in [-0.2, -0.15) is 5.10 Å². The van der Waals surface area contributed by atoms with Crippen LogP contribution in [0.15, 0.2) is 59.9 Å². The van der Waals surface area contributed by atoms with Crippen molar-refractivity contribution in [2.75, 3.05) is 38.1 Å². The van der Waals surface area contributed by atoms with Crippen LogP contribution in [0.1, 0.15) is 11.1 Å². The van der Waals surface area contributed by atoms with E-state index in [4.69, 9.17) is 0 Å². The van der Waals surface area contributed by atoms with E-state index in [0.717, 1.165) is 43.5 Å². The van der Waals surface area contributed by atoms with E-state index >= 15 is 0 Å². The summed E-state index contributed by atoms with van der Waals surface area (Å²) in [5.74, 6) is 1.72. The number of aryl methyl sites for hydroxylation is 1. The lowest BCUT2D eigenvalue weighted by Gasteiger charge is -2.37. The molecule has 1 aromatic heterocycles. The summed E-state index contributed by atoms with van der Waals surface area (Å²) in [5, 5.41) is 10.3. The van der Waals surface area contributed by atoms with E-state index in [2.05, 4.69) is 78.6 Å². The van der Waals surface area contributed by atoms with Gasteiger partial charge in [-0.3, -0.25) is 10.1 Å². The molecule has 1 fully saturated rings. The summed E-state index contributed by atoms with van der Waals surface area (Å²) in [6.45, 7) is 6.74. The van der Waals surface area contributed by atoms with Crippen molar-refractivity contribution in [3.63, 3.8) is 0 Å². The van der Waals surface area contributed by atoms with Gasteiger partial charge in [-0.05, 0) is 36.2 Å². The zero-order valence-corrected chi connectivity index (χ0v) is 17.0. The highest BCUT2D eigenvalue weighted by Crippen LogP contribution is 2.18. The maximum absolute atomic E-state index is 4.50. The van der Waals surface area contributed by atoms with Gasteiger partial charge in [-0.1, -0.05) is 30.3 Å². The molecule has 7 heteroatoms. The van der Waals surface area contributed by atoms with Gasteiger partial charge in [-0.15, -0.1) is 0 Å². The maximum Gasteiger partial charge on any atom is 0.194 e. The van der Waals surface area contributed by atoms with Crippen LogP contribution in [0.5, 0.6) is 0 Å². The first kappa shape index (κ1) is 19.0. The number of nitrogens with one attached hydrogen (secondary N) is 2. The fourth-order valence-electron chi connectivity index (χ4n) is 3.69. The molecule has 7 nitrogen and oxygen atoms in total. The Balaban J connectivity index is 1.34. The predicted molar refractivity (Wildman–Crippen MR) is 117 cm³/mol. The molecule has 0 saturated carbocycles. The van der Waals surface area contributed by atoms with Gasteiger partial charge < -0.3 is 15.1 Å². The second-order valence-corrected chi connectivity index (χ2v) is 7.25. The average Bonchev–Trinajstić information content (AvgIpc) is 3.30. The maximum atomic E-state index is 4.50. The van der Waals surface area contributed by atoms with Gasteiger partial charge in [0.1, 0.15) is 6.33 Å². The SMILES string of the molecule is CN=C(NCc1cccc(-c2ncn[nH]2)c1)N1CCN(c2cccc(C)c2)CC1. The molecule has 0 aliphatic carbocycles. The molecule has 29 heavy (non-hydrogen) atoms. The van der Waals surface area contributed by atoms with Gasteiger partial charge >= 0.3 is 0 Å². The normalized spacial score (nSPS) is 14.9. The highest BCUT2D eigenvalue weighted by Gasteiger charge is 2.19.